The number of benzene rings is 1. The normalized spacial score (nSPS) is 34.5. The summed E-state index contributed by atoms with van der Waals surface area (Å²) in [5.41, 5.74) is 0.947. The largest absolute Gasteiger partial charge is 0.373 e. The molecule has 2 saturated heterocycles. The van der Waals surface area contributed by atoms with Crippen LogP contribution >= 0.6 is 0 Å². The number of fused-ring (bicyclic) bond motifs is 2. The van der Waals surface area contributed by atoms with Crippen molar-refractivity contribution in [3.05, 3.63) is 39.9 Å². The maximum absolute atomic E-state index is 10.6. The van der Waals surface area contributed by atoms with Crippen LogP contribution in [0, 0.1) is 10.1 Å². The molecule has 0 N–H and O–H groups in total. The van der Waals surface area contributed by atoms with Crippen LogP contribution < -0.4 is 0 Å². The van der Waals surface area contributed by atoms with Crippen LogP contribution in [0.2, 0.25) is 0 Å². The molecule has 0 unspecified atom stereocenters. The molecule has 18 heavy (non-hydrogen) atoms. The highest BCUT2D eigenvalue weighted by molar-refractivity contribution is 5.34. The molecule has 0 radical (unpaired) electrons. The maximum Gasteiger partial charge on any atom is 0.269 e. The third-order valence-electron chi connectivity index (χ3n) is 3.19. The molecular formula is C12H13NO5. The number of hydrogen-bond acceptors (Lipinski definition) is 5. The van der Waals surface area contributed by atoms with E-state index in [1.54, 1.807) is 12.1 Å². The molecule has 3 atom stereocenters. The van der Waals surface area contributed by atoms with Gasteiger partial charge < -0.3 is 14.2 Å². The fourth-order valence-corrected chi connectivity index (χ4v) is 2.37. The molecule has 2 bridgehead atoms. The van der Waals surface area contributed by atoms with Crippen LogP contribution in [0.3, 0.4) is 0 Å². The molecule has 6 heteroatoms. The first-order chi connectivity index (χ1) is 8.57. The van der Waals surface area contributed by atoms with E-state index in [1.807, 2.05) is 6.92 Å². The minimum absolute atomic E-state index is 0.0723. The van der Waals surface area contributed by atoms with E-state index in [0.717, 1.165) is 5.56 Å². The Balaban J connectivity index is 1.85. The molecule has 0 amide bonds. The summed E-state index contributed by atoms with van der Waals surface area (Å²) in [6.45, 7) is 2.73. The summed E-state index contributed by atoms with van der Waals surface area (Å²) >= 11 is 0. The first-order valence-electron chi connectivity index (χ1n) is 5.75. The van der Waals surface area contributed by atoms with Crippen LogP contribution in [-0.4, -0.2) is 30.0 Å². The first-order valence-corrected chi connectivity index (χ1v) is 5.75. The third kappa shape index (κ3) is 1.88. The quantitative estimate of drug-likeness (QED) is 0.592. The van der Waals surface area contributed by atoms with Crippen LogP contribution in [0.25, 0.3) is 0 Å². The summed E-state index contributed by atoms with van der Waals surface area (Å²) in [7, 11) is 0. The molecule has 2 heterocycles. The molecule has 6 nitrogen and oxygen atoms in total. The number of ether oxygens (including phenoxy) is 3. The predicted molar refractivity (Wildman–Crippen MR) is 61.0 cm³/mol. The van der Waals surface area contributed by atoms with Gasteiger partial charge in [0.25, 0.3) is 5.69 Å². The Morgan fingerprint density at radius 1 is 1.33 bits per heavy atom. The summed E-state index contributed by atoms with van der Waals surface area (Å²) in [6, 6.07) is 6.36. The highest BCUT2D eigenvalue weighted by atomic mass is 16.8. The van der Waals surface area contributed by atoms with Crippen LogP contribution in [0.5, 0.6) is 0 Å². The van der Waals surface area contributed by atoms with Crippen molar-refractivity contribution in [1.29, 1.82) is 0 Å². The first kappa shape index (κ1) is 11.6. The van der Waals surface area contributed by atoms with Crippen molar-refractivity contribution >= 4 is 5.69 Å². The monoisotopic (exact) mass is 251 g/mol. The number of rotatable bonds is 2. The van der Waals surface area contributed by atoms with Gasteiger partial charge in [0, 0.05) is 12.1 Å². The van der Waals surface area contributed by atoms with Crippen molar-refractivity contribution in [1.82, 2.24) is 0 Å². The molecule has 0 aromatic heterocycles. The van der Waals surface area contributed by atoms with Crippen molar-refractivity contribution in [2.75, 3.05) is 13.2 Å². The Labute approximate surface area is 104 Å². The zero-order valence-electron chi connectivity index (χ0n) is 9.87. The lowest BCUT2D eigenvalue weighted by molar-refractivity contribution is -0.384. The number of nitro groups is 1. The van der Waals surface area contributed by atoms with Gasteiger partial charge in [0.2, 0.25) is 0 Å². The second-order valence-electron chi connectivity index (χ2n) is 4.69. The molecule has 0 spiro atoms. The minimum atomic E-state index is -0.699. The summed E-state index contributed by atoms with van der Waals surface area (Å²) in [5, 5.41) is 10.6. The molecule has 96 valence electrons. The van der Waals surface area contributed by atoms with E-state index in [0.29, 0.717) is 13.2 Å². The molecule has 0 aliphatic carbocycles. The summed E-state index contributed by atoms with van der Waals surface area (Å²) in [5.74, 6) is -0.699. The van der Waals surface area contributed by atoms with Crippen LogP contribution in [0.1, 0.15) is 18.6 Å². The number of non-ortho nitro benzene ring substituents is 1. The van der Waals surface area contributed by atoms with E-state index in [4.69, 9.17) is 14.2 Å². The maximum atomic E-state index is 10.6. The molecule has 3 rings (SSSR count). The molecule has 2 fully saturated rings. The lowest BCUT2D eigenvalue weighted by Gasteiger charge is -2.26. The van der Waals surface area contributed by atoms with Crippen molar-refractivity contribution in [2.45, 2.75) is 24.9 Å². The second-order valence-corrected chi connectivity index (χ2v) is 4.69. The van der Waals surface area contributed by atoms with Gasteiger partial charge in [-0.05, 0) is 24.6 Å². The van der Waals surface area contributed by atoms with E-state index in [2.05, 4.69) is 0 Å². The van der Waals surface area contributed by atoms with Gasteiger partial charge in [-0.15, -0.1) is 0 Å². The average molecular weight is 251 g/mol. The SMILES string of the molecule is C[C@]12COC[C@H](O1)[C@@H](c1ccc([N+](=O)[O-])cc1)O2. The highest BCUT2D eigenvalue weighted by Crippen LogP contribution is 2.41. The van der Waals surface area contributed by atoms with Crippen molar-refractivity contribution in [2.24, 2.45) is 0 Å². The molecule has 0 saturated carbocycles. The van der Waals surface area contributed by atoms with E-state index in [-0.39, 0.29) is 17.9 Å². The standard InChI is InChI=1S/C12H13NO5/c1-12-7-16-6-10(17-12)11(18-12)8-2-4-9(5-3-8)13(14)15/h2-5,10-11H,6-7H2,1H3/t10-,11+,12-/m0/s1. The number of hydrogen-bond donors (Lipinski definition) is 0. The molecule has 1 aromatic rings. The average Bonchev–Trinajstić information content (AvgIpc) is 2.59. The zero-order chi connectivity index (χ0) is 12.8. The minimum Gasteiger partial charge on any atom is -0.373 e. The van der Waals surface area contributed by atoms with Gasteiger partial charge in [0.1, 0.15) is 18.8 Å². The topological polar surface area (TPSA) is 70.8 Å². The molecular weight excluding hydrogens is 238 g/mol. The van der Waals surface area contributed by atoms with Gasteiger partial charge in [-0.3, -0.25) is 10.1 Å². The molecule has 2 aliphatic heterocycles. The lowest BCUT2D eigenvalue weighted by atomic mass is 10.0. The van der Waals surface area contributed by atoms with Crippen LogP contribution in [0.15, 0.2) is 24.3 Å². The van der Waals surface area contributed by atoms with Gasteiger partial charge in [-0.2, -0.15) is 0 Å². The predicted octanol–water partition coefficient (Wildman–Crippen LogP) is 1.80. The van der Waals surface area contributed by atoms with Crippen LogP contribution in [-0.2, 0) is 14.2 Å². The number of nitrogens with zero attached hydrogens (tertiary/aromatic N) is 1. The Hall–Kier alpha value is -1.50. The summed E-state index contributed by atoms with van der Waals surface area (Å²) in [4.78, 5) is 10.2. The van der Waals surface area contributed by atoms with E-state index in [1.165, 1.54) is 12.1 Å². The van der Waals surface area contributed by atoms with Crippen molar-refractivity contribution in [3.63, 3.8) is 0 Å². The van der Waals surface area contributed by atoms with E-state index in [9.17, 15) is 10.1 Å². The zero-order valence-corrected chi connectivity index (χ0v) is 9.87. The Morgan fingerprint density at radius 3 is 2.67 bits per heavy atom. The van der Waals surface area contributed by atoms with Gasteiger partial charge in [-0.25, -0.2) is 0 Å². The lowest BCUT2D eigenvalue weighted by Crippen LogP contribution is -2.38. The van der Waals surface area contributed by atoms with E-state index >= 15 is 0 Å². The highest BCUT2D eigenvalue weighted by Gasteiger charge is 2.48. The fraction of sp³-hybridized carbons (Fsp3) is 0.500. The van der Waals surface area contributed by atoms with E-state index < -0.39 is 10.7 Å². The van der Waals surface area contributed by atoms with Gasteiger partial charge in [0.15, 0.2) is 5.79 Å². The number of nitro benzene ring substituents is 1. The Kier molecular flexibility index (Phi) is 2.58. The van der Waals surface area contributed by atoms with Crippen molar-refractivity contribution in [3.8, 4) is 0 Å². The van der Waals surface area contributed by atoms with Gasteiger partial charge in [-0.1, -0.05) is 0 Å². The second kappa shape index (κ2) is 4.01. The smallest absolute Gasteiger partial charge is 0.269 e. The van der Waals surface area contributed by atoms with Gasteiger partial charge >= 0.3 is 0 Å². The summed E-state index contributed by atoms with van der Waals surface area (Å²) < 4.78 is 17.0. The fourth-order valence-electron chi connectivity index (χ4n) is 2.37. The van der Waals surface area contributed by atoms with Crippen LogP contribution in [0.4, 0.5) is 5.69 Å². The summed E-state index contributed by atoms with van der Waals surface area (Å²) in [6.07, 6.45) is -0.372. The third-order valence-corrected chi connectivity index (χ3v) is 3.19. The molecule has 2 aliphatic rings. The Morgan fingerprint density at radius 2 is 2.06 bits per heavy atom. The van der Waals surface area contributed by atoms with Crippen molar-refractivity contribution < 1.29 is 19.1 Å². The Bertz CT molecular complexity index is 474. The van der Waals surface area contributed by atoms with Gasteiger partial charge in [0.05, 0.1) is 11.5 Å². The molecule has 1 aromatic carbocycles.